The lowest BCUT2D eigenvalue weighted by Crippen LogP contribution is -2.48. The highest BCUT2D eigenvalue weighted by atomic mass is 32.2. The summed E-state index contributed by atoms with van der Waals surface area (Å²) in [6.45, 7) is 2.05. The molecule has 0 saturated carbocycles. The second-order valence-corrected chi connectivity index (χ2v) is 8.20. The first-order valence-electron chi connectivity index (χ1n) is 8.65. The number of amides is 2. The van der Waals surface area contributed by atoms with E-state index in [0.29, 0.717) is 23.6 Å². The van der Waals surface area contributed by atoms with Crippen LogP contribution in [0.4, 0.5) is 5.69 Å². The summed E-state index contributed by atoms with van der Waals surface area (Å²) in [6, 6.07) is 16.4. The number of para-hydroxylation sites is 1. The van der Waals surface area contributed by atoms with Crippen LogP contribution in [0.3, 0.4) is 0 Å². The van der Waals surface area contributed by atoms with Crippen molar-refractivity contribution >= 4 is 29.3 Å². The van der Waals surface area contributed by atoms with E-state index in [1.165, 1.54) is 0 Å². The Hall–Kier alpha value is -2.47. The van der Waals surface area contributed by atoms with Crippen LogP contribution in [0.15, 0.2) is 54.6 Å². The molecule has 26 heavy (non-hydrogen) atoms. The van der Waals surface area contributed by atoms with Gasteiger partial charge in [0, 0.05) is 17.9 Å². The largest absolute Gasteiger partial charge is 0.457 e. The maximum Gasteiger partial charge on any atom is 0.248 e. The molecule has 2 fully saturated rings. The zero-order chi connectivity index (χ0) is 18.1. The first-order chi connectivity index (χ1) is 12.5. The highest BCUT2D eigenvalue weighted by Crippen LogP contribution is 2.47. The summed E-state index contributed by atoms with van der Waals surface area (Å²) in [5.74, 6) is 2.05. The molecule has 4 rings (SSSR count). The molecular formula is C20H20N2O3S. The summed E-state index contributed by atoms with van der Waals surface area (Å²) in [5.41, 5.74) is 0.695. The van der Waals surface area contributed by atoms with Gasteiger partial charge in [-0.2, -0.15) is 0 Å². The Morgan fingerprint density at radius 2 is 1.85 bits per heavy atom. The molecule has 0 aromatic heterocycles. The summed E-state index contributed by atoms with van der Waals surface area (Å²) in [5, 5.41) is 2.92. The number of rotatable bonds is 4. The van der Waals surface area contributed by atoms with Gasteiger partial charge in [-0.15, -0.1) is 11.8 Å². The number of fused-ring (bicyclic) bond motifs is 1. The Morgan fingerprint density at radius 3 is 2.58 bits per heavy atom. The quantitative estimate of drug-likeness (QED) is 0.890. The SMILES string of the molecule is CC12CCC(=O)N1C(C(=O)Nc1ccc(Oc3ccccc3)cc1)CS2. The molecule has 134 valence electrons. The Morgan fingerprint density at radius 1 is 1.15 bits per heavy atom. The molecule has 2 saturated heterocycles. The minimum atomic E-state index is -0.403. The van der Waals surface area contributed by atoms with E-state index in [4.69, 9.17) is 4.74 Å². The first-order valence-corrected chi connectivity index (χ1v) is 9.64. The number of ether oxygens (including phenoxy) is 1. The fraction of sp³-hybridized carbons (Fsp3) is 0.300. The molecular weight excluding hydrogens is 348 g/mol. The fourth-order valence-corrected chi connectivity index (χ4v) is 4.90. The molecule has 0 bridgehead atoms. The molecule has 0 aliphatic carbocycles. The second-order valence-electron chi connectivity index (χ2n) is 6.69. The lowest BCUT2D eigenvalue weighted by Gasteiger charge is -2.29. The van der Waals surface area contributed by atoms with Crippen molar-refractivity contribution in [3.8, 4) is 11.5 Å². The molecule has 1 N–H and O–H groups in total. The topological polar surface area (TPSA) is 58.6 Å². The Labute approximate surface area is 156 Å². The van der Waals surface area contributed by atoms with Crippen LogP contribution in [0.1, 0.15) is 19.8 Å². The van der Waals surface area contributed by atoms with Crippen molar-refractivity contribution in [2.75, 3.05) is 11.1 Å². The van der Waals surface area contributed by atoms with Crippen molar-refractivity contribution < 1.29 is 14.3 Å². The van der Waals surface area contributed by atoms with Crippen LogP contribution in [0.25, 0.3) is 0 Å². The average Bonchev–Trinajstić information content (AvgIpc) is 3.14. The van der Waals surface area contributed by atoms with Crippen molar-refractivity contribution in [1.82, 2.24) is 4.90 Å². The predicted molar refractivity (Wildman–Crippen MR) is 102 cm³/mol. The van der Waals surface area contributed by atoms with Gasteiger partial charge < -0.3 is 15.0 Å². The van der Waals surface area contributed by atoms with Crippen LogP contribution < -0.4 is 10.1 Å². The van der Waals surface area contributed by atoms with Gasteiger partial charge in [-0.3, -0.25) is 9.59 Å². The van der Waals surface area contributed by atoms with Gasteiger partial charge in [-0.25, -0.2) is 0 Å². The van der Waals surface area contributed by atoms with Crippen LogP contribution in [0, 0.1) is 0 Å². The highest BCUT2D eigenvalue weighted by molar-refractivity contribution is 8.01. The number of anilines is 1. The first kappa shape index (κ1) is 17.0. The number of nitrogens with one attached hydrogen (secondary N) is 1. The molecule has 0 radical (unpaired) electrons. The van der Waals surface area contributed by atoms with Crippen LogP contribution in [-0.2, 0) is 9.59 Å². The fourth-order valence-electron chi connectivity index (χ4n) is 3.47. The Kier molecular flexibility index (Phi) is 4.36. The third-order valence-electron chi connectivity index (χ3n) is 4.85. The van der Waals surface area contributed by atoms with Crippen LogP contribution in [0.5, 0.6) is 11.5 Å². The van der Waals surface area contributed by atoms with E-state index >= 15 is 0 Å². The van der Waals surface area contributed by atoms with Crippen molar-refractivity contribution in [3.63, 3.8) is 0 Å². The Balaban J connectivity index is 1.41. The van der Waals surface area contributed by atoms with E-state index in [2.05, 4.69) is 5.32 Å². The Bertz CT molecular complexity index is 825. The van der Waals surface area contributed by atoms with E-state index in [1.54, 1.807) is 16.7 Å². The number of hydrogen-bond acceptors (Lipinski definition) is 4. The van der Waals surface area contributed by atoms with Gasteiger partial charge in [-0.1, -0.05) is 18.2 Å². The summed E-state index contributed by atoms with van der Waals surface area (Å²) in [6.07, 6.45) is 1.34. The van der Waals surface area contributed by atoms with Gasteiger partial charge >= 0.3 is 0 Å². The second kappa shape index (κ2) is 6.68. The number of nitrogens with zero attached hydrogens (tertiary/aromatic N) is 1. The lowest BCUT2D eigenvalue weighted by atomic mass is 10.2. The van der Waals surface area contributed by atoms with Crippen LogP contribution in [-0.4, -0.2) is 33.4 Å². The maximum absolute atomic E-state index is 12.7. The van der Waals surface area contributed by atoms with Gasteiger partial charge in [-0.05, 0) is 49.7 Å². The maximum atomic E-state index is 12.7. The smallest absolute Gasteiger partial charge is 0.248 e. The van der Waals surface area contributed by atoms with E-state index in [-0.39, 0.29) is 16.7 Å². The summed E-state index contributed by atoms with van der Waals surface area (Å²) < 4.78 is 5.75. The normalized spacial score (nSPS) is 24.4. The zero-order valence-electron chi connectivity index (χ0n) is 14.5. The molecule has 5 nitrogen and oxygen atoms in total. The summed E-state index contributed by atoms with van der Waals surface area (Å²) in [7, 11) is 0. The van der Waals surface area contributed by atoms with Crippen molar-refractivity contribution in [3.05, 3.63) is 54.6 Å². The molecule has 2 atom stereocenters. The summed E-state index contributed by atoms with van der Waals surface area (Å²) in [4.78, 5) is 26.4. The molecule has 0 spiro atoms. The molecule has 2 aromatic carbocycles. The summed E-state index contributed by atoms with van der Waals surface area (Å²) >= 11 is 1.69. The van der Waals surface area contributed by atoms with Gasteiger partial charge in [0.25, 0.3) is 0 Å². The number of carbonyl (C=O) groups excluding carboxylic acids is 2. The highest BCUT2D eigenvalue weighted by Gasteiger charge is 2.52. The van der Waals surface area contributed by atoms with Gasteiger partial charge in [0.2, 0.25) is 11.8 Å². The standard InChI is InChI=1S/C20H20N2O3S/c1-20-12-11-18(23)22(20)17(13-26-20)19(24)21-14-7-9-16(10-8-14)25-15-5-3-2-4-6-15/h2-10,17H,11-13H2,1H3,(H,21,24). The third kappa shape index (κ3) is 3.17. The predicted octanol–water partition coefficient (Wildman–Crippen LogP) is 3.87. The van der Waals surface area contributed by atoms with Gasteiger partial charge in [0.15, 0.2) is 0 Å². The minimum absolute atomic E-state index is 0.0734. The molecule has 2 aliphatic rings. The minimum Gasteiger partial charge on any atom is -0.457 e. The number of thioether (sulfide) groups is 1. The van der Waals surface area contributed by atoms with Gasteiger partial charge in [0.05, 0.1) is 4.87 Å². The average molecular weight is 368 g/mol. The number of benzene rings is 2. The molecule has 2 aliphatic heterocycles. The molecule has 2 aromatic rings. The van der Waals surface area contributed by atoms with E-state index in [1.807, 2.05) is 61.5 Å². The van der Waals surface area contributed by atoms with Crippen molar-refractivity contribution in [2.24, 2.45) is 0 Å². The van der Waals surface area contributed by atoms with E-state index in [9.17, 15) is 9.59 Å². The molecule has 2 heterocycles. The van der Waals surface area contributed by atoms with Crippen LogP contribution >= 0.6 is 11.8 Å². The molecule has 6 heteroatoms. The van der Waals surface area contributed by atoms with Crippen molar-refractivity contribution in [2.45, 2.75) is 30.7 Å². The zero-order valence-corrected chi connectivity index (χ0v) is 15.3. The van der Waals surface area contributed by atoms with Crippen molar-refractivity contribution in [1.29, 1.82) is 0 Å². The molecule has 2 unspecified atom stereocenters. The monoisotopic (exact) mass is 368 g/mol. The number of hydrogen-bond donors (Lipinski definition) is 1. The lowest BCUT2D eigenvalue weighted by molar-refractivity contribution is -0.135. The van der Waals surface area contributed by atoms with E-state index < -0.39 is 6.04 Å². The van der Waals surface area contributed by atoms with Gasteiger partial charge in [0.1, 0.15) is 17.5 Å². The number of carbonyl (C=O) groups is 2. The molecule has 2 amide bonds. The van der Waals surface area contributed by atoms with Crippen LogP contribution in [0.2, 0.25) is 0 Å². The third-order valence-corrected chi connectivity index (χ3v) is 6.35. The van der Waals surface area contributed by atoms with E-state index in [0.717, 1.165) is 12.2 Å².